The molecule has 6 heteroatoms. The van der Waals surface area contributed by atoms with E-state index in [1.165, 1.54) is 21.6 Å². The molecule has 0 saturated heterocycles. The van der Waals surface area contributed by atoms with Crippen LogP contribution in [-0.4, -0.2) is 58.3 Å². The molecule has 0 aliphatic rings. The predicted molar refractivity (Wildman–Crippen MR) is 201 cm³/mol. The second kappa shape index (κ2) is 17.9. The minimum absolute atomic E-state index is 0.177. The van der Waals surface area contributed by atoms with Gasteiger partial charge in [-0.15, -0.1) is 0 Å². The van der Waals surface area contributed by atoms with Crippen molar-refractivity contribution in [3.8, 4) is 11.5 Å². The molecule has 6 nitrogen and oxygen atoms in total. The Kier molecular flexibility index (Phi) is 13.7. The van der Waals surface area contributed by atoms with Gasteiger partial charge in [0.05, 0.1) is 6.61 Å². The number of hydrogen-bond acceptors (Lipinski definition) is 4. The Morgan fingerprint density at radius 2 is 1.33 bits per heavy atom. The van der Waals surface area contributed by atoms with Crippen LogP contribution >= 0.6 is 0 Å². The largest absolute Gasteiger partial charge is 0.493 e. The van der Waals surface area contributed by atoms with Gasteiger partial charge in [0.15, 0.2) is 0 Å². The van der Waals surface area contributed by atoms with Crippen molar-refractivity contribution in [3.05, 3.63) is 131 Å². The monoisotopic (exact) mass is 664 g/mol. The SMILES string of the molecule is CC(C)N(CCC(c1ccccc1)c1cc(CCOc2ccc(CCN(C(=O)O)C(C)(C)C)cc2)ccc1OCc1ccccc1)C(C)C. The first-order chi connectivity index (χ1) is 23.4. The predicted octanol–water partition coefficient (Wildman–Crippen LogP) is 9.85. The first-order valence-electron chi connectivity index (χ1n) is 17.7. The van der Waals surface area contributed by atoms with Gasteiger partial charge in [0.2, 0.25) is 0 Å². The fourth-order valence-electron chi connectivity index (χ4n) is 6.47. The lowest BCUT2D eigenvalue weighted by Crippen LogP contribution is -2.45. The van der Waals surface area contributed by atoms with Gasteiger partial charge in [-0.3, -0.25) is 4.90 Å². The Labute approximate surface area is 294 Å². The highest BCUT2D eigenvalue weighted by Gasteiger charge is 2.26. The third kappa shape index (κ3) is 11.4. The topological polar surface area (TPSA) is 62.2 Å². The third-order valence-electron chi connectivity index (χ3n) is 9.14. The fourth-order valence-corrected chi connectivity index (χ4v) is 6.47. The number of amides is 1. The molecule has 0 saturated carbocycles. The fraction of sp³-hybridized carbons (Fsp3) is 0.419. The van der Waals surface area contributed by atoms with Crippen LogP contribution in [0.2, 0.25) is 0 Å². The van der Waals surface area contributed by atoms with E-state index in [4.69, 9.17) is 9.47 Å². The maximum atomic E-state index is 11.7. The second-order valence-corrected chi connectivity index (χ2v) is 14.4. The van der Waals surface area contributed by atoms with Crippen LogP contribution in [0.5, 0.6) is 11.5 Å². The summed E-state index contributed by atoms with van der Waals surface area (Å²) in [5, 5.41) is 9.60. The van der Waals surface area contributed by atoms with Crippen LogP contribution in [0, 0.1) is 0 Å². The average molecular weight is 665 g/mol. The van der Waals surface area contributed by atoms with Crippen LogP contribution in [-0.2, 0) is 19.4 Å². The average Bonchev–Trinajstić information content (AvgIpc) is 3.06. The van der Waals surface area contributed by atoms with Gasteiger partial charge < -0.3 is 19.5 Å². The van der Waals surface area contributed by atoms with Gasteiger partial charge in [0, 0.05) is 42.1 Å². The van der Waals surface area contributed by atoms with Gasteiger partial charge in [-0.1, -0.05) is 84.9 Å². The number of nitrogens with zero attached hydrogens (tertiary/aromatic N) is 2. The van der Waals surface area contributed by atoms with Crippen LogP contribution < -0.4 is 9.47 Å². The quantitative estimate of drug-likeness (QED) is 0.122. The standard InChI is InChI=1S/C43H56N2O4/c1-32(2)44(33(3)4)27-25-39(37-16-12-9-13-17-37)40-30-35(20-23-41(40)49-31-36-14-10-8-11-15-36)26-29-48-38-21-18-34(19-22-38)24-28-45(42(46)47)43(5,6)7/h8-23,30,32-33,39H,24-29,31H2,1-7H3,(H,46,47). The maximum Gasteiger partial charge on any atom is 0.407 e. The Bertz CT molecular complexity index is 1560. The van der Waals surface area contributed by atoms with E-state index >= 15 is 0 Å². The summed E-state index contributed by atoms with van der Waals surface area (Å²) in [7, 11) is 0. The molecule has 0 spiro atoms. The lowest BCUT2D eigenvalue weighted by atomic mass is 9.86. The van der Waals surface area contributed by atoms with Crippen molar-refractivity contribution < 1.29 is 19.4 Å². The van der Waals surface area contributed by atoms with E-state index in [1.54, 1.807) is 0 Å². The summed E-state index contributed by atoms with van der Waals surface area (Å²) < 4.78 is 12.7. The number of hydrogen-bond donors (Lipinski definition) is 1. The van der Waals surface area contributed by atoms with Crippen molar-refractivity contribution >= 4 is 6.09 Å². The first-order valence-corrected chi connectivity index (χ1v) is 17.7. The highest BCUT2D eigenvalue weighted by molar-refractivity contribution is 5.66. The molecule has 0 fully saturated rings. The first kappa shape index (κ1) is 37.5. The van der Waals surface area contributed by atoms with Crippen molar-refractivity contribution in [1.29, 1.82) is 0 Å². The molecule has 1 unspecified atom stereocenters. The summed E-state index contributed by atoms with van der Waals surface area (Å²) in [5.41, 5.74) is 5.50. The molecule has 0 aromatic heterocycles. The van der Waals surface area contributed by atoms with Gasteiger partial charge in [0.1, 0.15) is 18.1 Å². The van der Waals surface area contributed by atoms with E-state index in [2.05, 4.69) is 105 Å². The Morgan fingerprint density at radius 1 is 0.714 bits per heavy atom. The lowest BCUT2D eigenvalue weighted by molar-refractivity contribution is 0.101. The summed E-state index contributed by atoms with van der Waals surface area (Å²) in [6.07, 6.45) is 1.50. The zero-order valence-electron chi connectivity index (χ0n) is 30.6. The molecule has 0 heterocycles. The van der Waals surface area contributed by atoms with Crippen molar-refractivity contribution in [2.24, 2.45) is 0 Å². The Morgan fingerprint density at radius 3 is 1.92 bits per heavy atom. The second-order valence-electron chi connectivity index (χ2n) is 14.4. The van der Waals surface area contributed by atoms with E-state index in [1.807, 2.05) is 51.1 Å². The van der Waals surface area contributed by atoms with Crippen molar-refractivity contribution in [3.63, 3.8) is 0 Å². The smallest absolute Gasteiger partial charge is 0.407 e. The van der Waals surface area contributed by atoms with Gasteiger partial charge in [-0.2, -0.15) is 0 Å². The highest BCUT2D eigenvalue weighted by Crippen LogP contribution is 2.36. The zero-order chi connectivity index (χ0) is 35.4. The minimum atomic E-state index is -0.894. The maximum absolute atomic E-state index is 11.7. The van der Waals surface area contributed by atoms with Crippen LogP contribution in [0.1, 0.15) is 88.6 Å². The van der Waals surface area contributed by atoms with E-state index < -0.39 is 11.6 Å². The lowest BCUT2D eigenvalue weighted by Gasteiger charge is -2.33. The van der Waals surface area contributed by atoms with Gasteiger partial charge in [-0.25, -0.2) is 4.79 Å². The normalized spacial score (nSPS) is 12.4. The molecule has 1 N–H and O–H groups in total. The molecule has 0 aliphatic heterocycles. The molecule has 1 atom stereocenters. The summed E-state index contributed by atoms with van der Waals surface area (Å²) >= 11 is 0. The molecular weight excluding hydrogens is 608 g/mol. The number of carbonyl (C=O) groups is 1. The molecule has 4 aromatic carbocycles. The summed E-state index contributed by atoms with van der Waals surface area (Å²) in [6, 6.07) is 36.7. The van der Waals surface area contributed by atoms with Crippen LogP contribution in [0.4, 0.5) is 4.79 Å². The molecule has 262 valence electrons. The van der Waals surface area contributed by atoms with Crippen molar-refractivity contribution in [2.45, 2.75) is 97.9 Å². The van der Waals surface area contributed by atoms with Gasteiger partial charge >= 0.3 is 6.09 Å². The van der Waals surface area contributed by atoms with Crippen LogP contribution in [0.15, 0.2) is 103 Å². The Balaban J connectivity index is 1.51. The number of rotatable bonds is 17. The molecule has 0 bridgehead atoms. The third-order valence-corrected chi connectivity index (χ3v) is 9.14. The number of carboxylic acid groups (broad SMARTS) is 1. The molecule has 4 rings (SSSR count). The highest BCUT2D eigenvalue weighted by atomic mass is 16.5. The minimum Gasteiger partial charge on any atom is -0.493 e. The van der Waals surface area contributed by atoms with Gasteiger partial charge in [0.25, 0.3) is 0 Å². The van der Waals surface area contributed by atoms with E-state index in [0.717, 1.165) is 42.0 Å². The van der Waals surface area contributed by atoms with Crippen molar-refractivity contribution in [1.82, 2.24) is 9.80 Å². The van der Waals surface area contributed by atoms with Crippen LogP contribution in [0.25, 0.3) is 0 Å². The summed E-state index contributed by atoms with van der Waals surface area (Å²) in [4.78, 5) is 15.8. The molecule has 1 amide bonds. The van der Waals surface area contributed by atoms with E-state index in [-0.39, 0.29) is 5.92 Å². The van der Waals surface area contributed by atoms with E-state index in [9.17, 15) is 9.90 Å². The number of ether oxygens (including phenoxy) is 2. The van der Waals surface area contributed by atoms with E-state index in [0.29, 0.717) is 38.3 Å². The Hall–Kier alpha value is -4.29. The number of benzene rings is 4. The summed E-state index contributed by atoms with van der Waals surface area (Å²) in [5.74, 6) is 1.91. The molecule has 4 aromatic rings. The molecular formula is C43H56N2O4. The molecule has 0 radical (unpaired) electrons. The molecule has 0 aliphatic carbocycles. The molecule has 49 heavy (non-hydrogen) atoms. The van der Waals surface area contributed by atoms with Crippen molar-refractivity contribution in [2.75, 3.05) is 19.7 Å². The summed E-state index contributed by atoms with van der Waals surface area (Å²) in [6.45, 7) is 17.4. The zero-order valence-corrected chi connectivity index (χ0v) is 30.6. The van der Waals surface area contributed by atoms with Crippen LogP contribution in [0.3, 0.4) is 0 Å². The van der Waals surface area contributed by atoms with Gasteiger partial charge in [-0.05, 0) is 108 Å².